The fraction of sp³-hybridized carbons (Fsp3) is 0.778. The molecule has 0 spiro atoms. The molecule has 3 heteroatoms. The lowest BCUT2D eigenvalue weighted by Crippen LogP contribution is -2.21. The highest BCUT2D eigenvalue weighted by atomic mass is 16.7. The Labute approximate surface area is 73.0 Å². The average molecular weight is 172 g/mol. The van der Waals surface area contributed by atoms with Crippen LogP contribution in [-0.2, 0) is 9.47 Å². The molecule has 0 amide bonds. The molecule has 1 aliphatic heterocycles. The van der Waals surface area contributed by atoms with Gasteiger partial charge in [-0.3, -0.25) is 0 Å². The van der Waals surface area contributed by atoms with Crippen molar-refractivity contribution in [2.24, 2.45) is 0 Å². The molecule has 1 N–H and O–H groups in total. The monoisotopic (exact) mass is 172 g/mol. The van der Waals surface area contributed by atoms with E-state index in [1.54, 1.807) is 6.08 Å². The summed E-state index contributed by atoms with van der Waals surface area (Å²) in [7, 11) is 0. The zero-order chi connectivity index (χ0) is 9.19. The summed E-state index contributed by atoms with van der Waals surface area (Å²) in [6, 6.07) is 0. The Kier molecular flexibility index (Phi) is 2.88. The molecule has 1 aliphatic rings. The summed E-state index contributed by atoms with van der Waals surface area (Å²) in [5.74, 6) is -0.477. The Balaban J connectivity index is 2.52. The van der Waals surface area contributed by atoms with E-state index in [0.717, 1.165) is 5.57 Å². The van der Waals surface area contributed by atoms with Crippen molar-refractivity contribution in [3.8, 4) is 0 Å². The number of hydrogen-bond donors (Lipinski definition) is 1. The maximum atomic E-state index is 8.65. The molecular weight excluding hydrogens is 156 g/mol. The minimum Gasteiger partial charge on any atom is -0.392 e. The van der Waals surface area contributed by atoms with Crippen LogP contribution in [0.15, 0.2) is 11.6 Å². The van der Waals surface area contributed by atoms with Gasteiger partial charge in [0.15, 0.2) is 5.79 Å². The normalized spacial score (nSPS) is 29.3. The van der Waals surface area contributed by atoms with Crippen molar-refractivity contribution in [1.29, 1.82) is 0 Å². The predicted octanol–water partition coefficient (Wildman–Crippen LogP) is 1.08. The number of hydrogen-bond acceptors (Lipinski definition) is 3. The molecule has 1 saturated heterocycles. The molecule has 0 bridgehead atoms. The first-order valence-electron chi connectivity index (χ1n) is 4.14. The van der Waals surface area contributed by atoms with Gasteiger partial charge in [0, 0.05) is 0 Å². The van der Waals surface area contributed by atoms with Crippen LogP contribution in [0.2, 0.25) is 0 Å². The summed E-state index contributed by atoms with van der Waals surface area (Å²) in [5.41, 5.74) is 1.03. The lowest BCUT2D eigenvalue weighted by molar-refractivity contribution is -0.134. The molecule has 1 atom stereocenters. The maximum Gasteiger partial charge on any atom is 0.163 e. The smallest absolute Gasteiger partial charge is 0.163 e. The molecule has 0 aliphatic carbocycles. The van der Waals surface area contributed by atoms with Gasteiger partial charge in [-0.05, 0) is 26.3 Å². The van der Waals surface area contributed by atoms with Crippen LogP contribution in [0, 0.1) is 0 Å². The van der Waals surface area contributed by atoms with Gasteiger partial charge in [-0.15, -0.1) is 0 Å². The Morgan fingerprint density at radius 1 is 1.67 bits per heavy atom. The molecule has 0 saturated carbocycles. The van der Waals surface area contributed by atoms with Crippen LogP contribution in [0.1, 0.15) is 20.8 Å². The van der Waals surface area contributed by atoms with Gasteiger partial charge < -0.3 is 14.6 Å². The van der Waals surface area contributed by atoms with Crippen molar-refractivity contribution in [2.45, 2.75) is 32.7 Å². The predicted molar refractivity (Wildman–Crippen MR) is 45.7 cm³/mol. The topological polar surface area (TPSA) is 38.7 Å². The van der Waals surface area contributed by atoms with Gasteiger partial charge in [-0.1, -0.05) is 6.08 Å². The zero-order valence-corrected chi connectivity index (χ0v) is 7.83. The van der Waals surface area contributed by atoms with Crippen molar-refractivity contribution >= 4 is 0 Å². The second-order valence-electron chi connectivity index (χ2n) is 3.45. The van der Waals surface area contributed by atoms with Gasteiger partial charge in [-0.2, -0.15) is 0 Å². The van der Waals surface area contributed by atoms with Crippen LogP contribution < -0.4 is 0 Å². The summed E-state index contributed by atoms with van der Waals surface area (Å²) in [6.07, 6.45) is 1.75. The van der Waals surface area contributed by atoms with Crippen molar-refractivity contribution in [3.63, 3.8) is 0 Å². The van der Waals surface area contributed by atoms with Crippen LogP contribution >= 0.6 is 0 Å². The van der Waals surface area contributed by atoms with Crippen LogP contribution in [-0.4, -0.2) is 30.2 Å². The molecule has 1 fully saturated rings. The van der Waals surface area contributed by atoms with Gasteiger partial charge in [0.2, 0.25) is 0 Å². The van der Waals surface area contributed by atoms with Crippen LogP contribution in [0.3, 0.4) is 0 Å². The number of ether oxygens (including phenoxy) is 2. The minimum absolute atomic E-state index is 0.00662. The fourth-order valence-electron chi connectivity index (χ4n) is 1.19. The summed E-state index contributed by atoms with van der Waals surface area (Å²) in [5, 5.41) is 8.65. The molecule has 0 aromatic carbocycles. The maximum absolute atomic E-state index is 8.65. The third kappa shape index (κ3) is 2.30. The number of aliphatic hydroxyl groups excluding tert-OH is 1. The van der Waals surface area contributed by atoms with Gasteiger partial charge in [0.25, 0.3) is 0 Å². The van der Waals surface area contributed by atoms with Gasteiger partial charge in [0.1, 0.15) is 6.10 Å². The van der Waals surface area contributed by atoms with E-state index < -0.39 is 5.79 Å². The first-order chi connectivity index (χ1) is 5.55. The molecule has 0 radical (unpaired) electrons. The van der Waals surface area contributed by atoms with Crippen LogP contribution in [0.4, 0.5) is 0 Å². The molecule has 1 heterocycles. The molecule has 70 valence electrons. The van der Waals surface area contributed by atoms with Gasteiger partial charge >= 0.3 is 0 Å². The van der Waals surface area contributed by atoms with E-state index in [0.29, 0.717) is 6.61 Å². The molecule has 0 aromatic heterocycles. The number of rotatable bonds is 2. The van der Waals surface area contributed by atoms with Crippen molar-refractivity contribution in [1.82, 2.24) is 0 Å². The van der Waals surface area contributed by atoms with E-state index in [-0.39, 0.29) is 12.7 Å². The molecule has 3 nitrogen and oxygen atoms in total. The Morgan fingerprint density at radius 2 is 2.33 bits per heavy atom. The molecular formula is C9H16O3. The Bertz CT molecular complexity index is 184. The van der Waals surface area contributed by atoms with E-state index in [1.807, 2.05) is 20.8 Å². The van der Waals surface area contributed by atoms with Gasteiger partial charge in [0.05, 0.1) is 13.2 Å². The van der Waals surface area contributed by atoms with Crippen LogP contribution in [0.25, 0.3) is 0 Å². The summed E-state index contributed by atoms with van der Waals surface area (Å²) < 4.78 is 10.9. The lowest BCUT2D eigenvalue weighted by atomic mass is 10.2. The van der Waals surface area contributed by atoms with Gasteiger partial charge in [-0.25, -0.2) is 0 Å². The van der Waals surface area contributed by atoms with E-state index in [1.165, 1.54) is 0 Å². The quantitative estimate of drug-likeness (QED) is 0.633. The third-order valence-electron chi connectivity index (χ3n) is 1.93. The van der Waals surface area contributed by atoms with E-state index in [4.69, 9.17) is 14.6 Å². The molecule has 0 aromatic rings. The van der Waals surface area contributed by atoms with Crippen molar-refractivity contribution in [2.75, 3.05) is 13.2 Å². The highest BCUT2D eigenvalue weighted by Crippen LogP contribution is 2.25. The average Bonchev–Trinajstić information content (AvgIpc) is 2.31. The minimum atomic E-state index is -0.477. The first-order valence-corrected chi connectivity index (χ1v) is 4.14. The summed E-state index contributed by atoms with van der Waals surface area (Å²) in [6.45, 7) is 6.35. The molecule has 12 heavy (non-hydrogen) atoms. The number of aliphatic hydroxyl groups is 1. The second kappa shape index (κ2) is 3.56. The highest BCUT2D eigenvalue weighted by molar-refractivity contribution is 5.07. The first kappa shape index (κ1) is 9.71. The van der Waals surface area contributed by atoms with E-state index in [9.17, 15) is 0 Å². The van der Waals surface area contributed by atoms with Crippen LogP contribution in [0.5, 0.6) is 0 Å². The van der Waals surface area contributed by atoms with Crippen molar-refractivity contribution in [3.05, 3.63) is 11.6 Å². The van der Waals surface area contributed by atoms with Crippen molar-refractivity contribution < 1.29 is 14.6 Å². The van der Waals surface area contributed by atoms with E-state index >= 15 is 0 Å². The zero-order valence-electron chi connectivity index (χ0n) is 7.83. The standard InChI is InChI=1S/C9H16O3/c1-7(4-5-10)8-6-11-9(2,3)12-8/h4,8,10H,5-6H2,1-3H3/b7-4-/t8-/m1/s1. The summed E-state index contributed by atoms with van der Waals surface area (Å²) >= 11 is 0. The Hall–Kier alpha value is -0.380. The fourth-order valence-corrected chi connectivity index (χ4v) is 1.19. The summed E-state index contributed by atoms with van der Waals surface area (Å²) in [4.78, 5) is 0. The lowest BCUT2D eigenvalue weighted by Gasteiger charge is -2.17. The Morgan fingerprint density at radius 3 is 2.75 bits per heavy atom. The molecule has 1 rings (SSSR count). The largest absolute Gasteiger partial charge is 0.392 e. The molecule has 0 unspecified atom stereocenters. The van der Waals surface area contributed by atoms with E-state index in [2.05, 4.69) is 0 Å². The third-order valence-corrected chi connectivity index (χ3v) is 1.93. The SMILES string of the molecule is C/C(=C/CO)[C@H]1COC(C)(C)O1. The highest BCUT2D eigenvalue weighted by Gasteiger charge is 2.33. The second-order valence-corrected chi connectivity index (χ2v) is 3.45.